The maximum Gasteiger partial charge on any atom is 0.227 e. The first-order chi connectivity index (χ1) is 33.8. The number of nitrogens with zero attached hydrogens (tertiary/aromatic N) is 2. The van der Waals surface area contributed by atoms with Gasteiger partial charge in [0.1, 0.15) is 36.1 Å². The van der Waals surface area contributed by atoms with Crippen molar-refractivity contribution in [3.63, 3.8) is 0 Å². The standard InChI is InChI=1S/C30H38FNO4.C30H38FNO3/c1-28(34)13-14-30(31)20(17-28)6-8-22-23-9-10-25(29(23,2)12-11-24(22)30)27(33)18-36-21-7-5-19-4-3-15-32(35)26(19)16-21;1-28(34)13-14-30(31)20(17-28)6-8-22-23-9-10-25(29(23,2)12-11-24(22)30)27(33)18-35-21-7-5-19-4-3-15-32-26(19)16-21/h3-5,7,15-16,20,22-25,34H,6,8-14,17-18H2,1-2H3;3-5,7,15-16,20,22-25,34H,6,8-14,17-18H2,1-2H3/t2*20-,22+,23+,24+,25-,28-,29+,30-/m11/s1. The van der Waals surface area contributed by atoms with Crippen molar-refractivity contribution >= 4 is 33.4 Å². The summed E-state index contributed by atoms with van der Waals surface area (Å²) in [5, 5.41) is 35.1. The molecule has 2 heterocycles. The minimum Gasteiger partial charge on any atom is -0.618 e. The molecule has 2 aromatic heterocycles. The Morgan fingerprint density at radius 3 is 1.68 bits per heavy atom. The minimum atomic E-state index is -1.16. The predicted octanol–water partition coefficient (Wildman–Crippen LogP) is 11.8. The average Bonchev–Trinajstić information content (AvgIpc) is 3.90. The number of carbonyl (C=O) groups is 2. The van der Waals surface area contributed by atoms with Crippen molar-refractivity contribution in [3.05, 3.63) is 78.3 Å². The number of pyridine rings is 2. The number of ether oxygens (including phenoxy) is 2. The normalized spacial score (nSPS) is 42.3. The molecule has 11 heteroatoms. The number of rotatable bonds is 8. The molecule has 0 aliphatic heterocycles. The molecule has 382 valence electrons. The van der Waals surface area contributed by atoms with Gasteiger partial charge in [-0.3, -0.25) is 14.6 Å². The number of aliphatic hydroxyl groups is 2. The Bertz CT molecular complexity index is 2680. The number of hydrogen-bond donors (Lipinski definition) is 2. The van der Waals surface area contributed by atoms with Gasteiger partial charge in [0.25, 0.3) is 0 Å². The van der Waals surface area contributed by atoms with Gasteiger partial charge in [0, 0.05) is 40.9 Å². The highest BCUT2D eigenvalue weighted by Gasteiger charge is 2.65. The third-order valence-electron chi connectivity index (χ3n) is 21.5. The van der Waals surface area contributed by atoms with E-state index in [9.17, 15) is 25.0 Å². The minimum absolute atomic E-state index is 0.00245. The molecule has 0 bridgehead atoms. The molecule has 8 saturated carbocycles. The molecule has 9 nitrogen and oxygen atoms in total. The predicted molar refractivity (Wildman–Crippen MR) is 269 cm³/mol. The molecule has 2 N–H and O–H groups in total. The van der Waals surface area contributed by atoms with Crippen LogP contribution in [0.1, 0.15) is 143 Å². The second-order valence-electron chi connectivity index (χ2n) is 25.3. The van der Waals surface area contributed by atoms with E-state index in [-0.39, 0.29) is 71.1 Å². The van der Waals surface area contributed by atoms with Crippen molar-refractivity contribution in [2.75, 3.05) is 13.2 Å². The molecule has 0 spiro atoms. The molecule has 0 amide bonds. The largest absolute Gasteiger partial charge is 0.618 e. The number of ketones is 2. The lowest BCUT2D eigenvalue weighted by molar-refractivity contribution is -0.577. The number of benzene rings is 2. The number of alkyl halides is 2. The fourth-order valence-corrected chi connectivity index (χ4v) is 17.9. The van der Waals surface area contributed by atoms with Crippen LogP contribution < -0.4 is 14.2 Å². The Hall–Kier alpha value is -4.22. The third-order valence-corrected chi connectivity index (χ3v) is 21.5. The first kappa shape index (κ1) is 49.0. The number of fused-ring (bicyclic) bond motifs is 12. The molecule has 2 aromatic carbocycles. The quantitative estimate of drug-likeness (QED) is 0.132. The Morgan fingerprint density at radius 1 is 0.620 bits per heavy atom. The topological polar surface area (TPSA) is 133 Å². The van der Waals surface area contributed by atoms with Gasteiger partial charge in [-0.05, 0) is 224 Å². The Balaban J connectivity index is 0.000000154. The highest BCUT2D eigenvalue weighted by molar-refractivity contribution is 5.85. The van der Waals surface area contributed by atoms with Crippen molar-refractivity contribution in [1.82, 2.24) is 4.98 Å². The van der Waals surface area contributed by atoms with Crippen LogP contribution in [0.25, 0.3) is 21.8 Å². The van der Waals surface area contributed by atoms with Gasteiger partial charge >= 0.3 is 0 Å². The van der Waals surface area contributed by atoms with Gasteiger partial charge in [0.15, 0.2) is 17.8 Å². The van der Waals surface area contributed by atoms with E-state index in [1.807, 2.05) is 56.3 Å². The van der Waals surface area contributed by atoms with Crippen LogP contribution in [0.3, 0.4) is 0 Å². The Morgan fingerprint density at radius 2 is 1.13 bits per heavy atom. The van der Waals surface area contributed by atoms with E-state index in [4.69, 9.17) is 9.47 Å². The molecule has 71 heavy (non-hydrogen) atoms. The van der Waals surface area contributed by atoms with Crippen LogP contribution in [0.5, 0.6) is 11.5 Å². The van der Waals surface area contributed by atoms with E-state index in [0.717, 1.165) is 98.1 Å². The van der Waals surface area contributed by atoms with Crippen molar-refractivity contribution in [2.45, 2.75) is 166 Å². The van der Waals surface area contributed by atoms with Crippen molar-refractivity contribution in [3.8, 4) is 11.5 Å². The summed E-state index contributed by atoms with van der Waals surface area (Å²) in [6, 6.07) is 18.6. The van der Waals surface area contributed by atoms with Crippen LogP contribution >= 0.6 is 0 Å². The fourth-order valence-electron chi connectivity index (χ4n) is 17.9. The Kier molecular flexibility index (Phi) is 12.4. The SMILES string of the molecule is C[C@@]1(O)CC[C@@]2(F)[C@H](CC[C@H]3[C@@H]4CC[C@H](C(=O)COc5ccc6ccc[n+]([O-])c6c5)[C@@]4(C)CC[C@@H]32)C1.C[C@@]1(O)CC[C@@]2(F)[C@H](CC[C@H]3[C@@H]4CC[C@H](C(=O)COc5ccc6cccnc6c5)[C@@]4(C)CC[C@@H]32)C1. The first-order valence-corrected chi connectivity index (χ1v) is 27.4. The maximum absolute atomic E-state index is 16.6. The molecule has 0 radical (unpaired) electrons. The van der Waals surface area contributed by atoms with Gasteiger partial charge < -0.3 is 24.9 Å². The van der Waals surface area contributed by atoms with Gasteiger partial charge in [-0.25, -0.2) is 8.78 Å². The zero-order chi connectivity index (χ0) is 49.7. The molecular formula is C60H76F2N2O7. The second kappa shape index (κ2) is 18.0. The lowest BCUT2D eigenvalue weighted by Gasteiger charge is -2.59. The van der Waals surface area contributed by atoms with Crippen LogP contribution in [-0.4, -0.2) is 62.5 Å². The summed E-state index contributed by atoms with van der Waals surface area (Å²) in [4.78, 5) is 31.2. The maximum atomic E-state index is 16.6. The molecule has 0 saturated heterocycles. The first-order valence-electron chi connectivity index (χ1n) is 27.4. The van der Waals surface area contributed by atoms with Gasteiger partial charge in [-0.15, -0.1) is 0 Å². The lowest BCUT2D eigenvalue weighted by Crippen LogP contribution is -2.58. The molecule has 4 aromatic rings. The second-order valence-corrected chi connectivity index (χ2v) is 25.3. The van der Waals surface area contributed by atoms with E-state index in [1.54, 1.807) is 24.4 Å². The molecule has 0 unspecified atom stereocenters. The zero-order valence-electron chi connectivity index (χ0n) is 42.4. The summed E-state index contributed by atoms with van der Waals surface area (Å²) >= 11 is 0. The highest BCUT2D eigenvalue weighted by Crippen LogP contribution is 2.68. The van der Waals surface area contributed by atoms with E-state index in [1.165, 1.54) is 6.20 Å². The zero-order valence-corrected chi connectivity index (χ0v) is 42.4. The molecule has 8 aliphatic rings. The van der Waals surface area contributed by atoms with Crippen LogP contribution in [-0.2, 0) is 9.59 Å². The monoisotopic (exact) mass is 975 g/mol. The van der Waals surface area contributed by atoms with E-state index in [0.29, 0.717) is 79.2 Å². The van der Waals surface area contributed by atoms with Crippen molar-refractivity contribution in [2.24, 2.45) is 70.0 Å². The molecule has 8 fully saturated rings. The molecule has 16 atom stereocenters. The number of carbonyl (C=O) groups excluding carboxylic acids is 2. The Labute approximate surface area is 418 Å². The number of aromatic nitrogens is 2. The summed E-state index contributed by atoms with van der Waals surface area (Å²) in [7, 11) is 0. The van der Waals surface area contributed by atoms with Gasteiger partial charge in [0.05, 0.1) is 22.8 Å². The third kappa shape index (κ3) is 8.56. The summed E-state index contributed by atoms with van der Waals surface area (Å²) < 4.78 is 45.8. The molecular weight excluding hydrogens is 899 g/mol. The summed E-state index contributed by atoms with van der Waals surface area (Å²) in [6.45, 7) is 8.39. The highest BCUT2D eigenvalue weighted by atomic mass is 19.1. The number of halogens is 2. The lowest BCUT2D eigenvalue weighted by atomic mass is 9.48. The van der Waals surface area contributed by atoms with Gasteiger partial charge in [-0.2, -0.15) is 4.73 Å². The fraction of sp³-hybridized carbons (Fsp3) is 0.667. The van der Waals surface area contributed by atoms with Crippen LogP contribution in [0.4, 0.5) is 8.78 Å². The summed E-state index contributed by atoms with van der Waals surface area (Å²) in [5.74, 6) is 3.04. The van der Waals surface area contributed by atoms with Crippen LogP contribution in [0.15, 0.2) is 73.1 Å². The smallest absolute Gasteiger partial charge is 0.227 e. The van der Waals surface area contributed by atoms with Gasteiger partial charge in [0.2, 0.25) is 5.52 Å². The van der Waals surface area contributed by atoms with Crippen molar-refractivity contribution < 1.29 is 42.8 Å². The van der Waals surface area contributed by atoms with Crippen molar-refractivity contribution in [1.29, 1.82) is 0 Å². The van der Waals surface area contributed by atoms with E-state index < -0.39 is 22.5 Å². The van der Waals surface area contributed by atoms with E-state index >= 15 is 8.78 Å². The number of Topliss-reactive ketones (excluding diaryl/α,β-unsaturated/α-hetero) is 2. The summed E-state index contributed by atoms with van der Waals surface area (Å²) in [5.41, 5.74) is -2.53. The van der Waals surface area contributed by atoms with Crippen LogP contribution in [0.2, 0.25) is 0 Å². The molecule has 12 rings (SSSR count). The molecule has 8 aliphatic carbocycles. The summed E-state index contributed by atoms with van der Waals surface area (Å²) in [6.07, 6.45) is 17.5. The van der Waals surface area contributed by atoms with Crippen LogP contribution in [0, 0.1) is 75.2 Å². The average molecular weight is 975 g/mol. The number of hydrogen-bond acceptors (Lipinski definition) is 8. The van der Waals surface area contributed by atoms with Gasteiger partial charge in [-0.1, -0.05) is 19.9 Å². The van der Waals surface area contributed by atoms with E-state index in [2.05, 4.69) is 18.8 Å².